The molecule has 0 aliphatic rings. The molecule has 25 heavy (non-hydrogen) atoms. The number of aromatic nitrogens is 2. The summed E-state index contributed by atoms with van der Waals surface area (Å²) >= 11 is 0. The quantitative estimate of drug-likeness (QED) is 0.696. The Kier molecular flexibility index (Phi) is 5.49. The van der Waals surface area contributed by atoms with E-state index in [9.17, 15) is 4.79 Å². The number of para-hydroxylation sites is 1. The normalized spacial score (nSPS) is 12.2. The molecule has 4 heteroatoms. The summed E-state index contributed by atoms with van der Waals surface area (Å²) in [5.74, 6) is 0.120. The number of carbonyl (C=O) groups excluding carboxylic acids is 1. The molecule has 0 spiro atoms. The molecular formula is C21H25N3O. The Morgan fingerprint density at radius 1 is 1.12 bits per heavy atom. The lowest BCUT2D eigenvalue weighted by molar-refractivity contribution is -0.121. The number of rotatable bonds is 7. The van der Waals surface area contributed by atoms with Gasteiger partial charge in [0, 0.05) is 30.0 Å². The van der Waals surface area contributed by atoms with Crippen molar-refractivity contribution in [3.8, 4) is 11.3 Å². The van der Waals surface area contributed by atoms with E-state index < -0.39 is 0 Å². The summed E-state index contributed by atoms with van der Waals surface area (Å²) in [6.07, 6.45) is 2.26. The molecule has 2 aromatic carbocycles. The van der Waals surface area contributed by atoms with E-state index in [1.807, 2.05) is 41.9 Å². The maximum atomic E-state index is 12.0. The molecule has 3 rings (SSSR count). The average Bonchev–Trinajstić information content (AvgIpc) is 3.01. The first-order chi connectivity index (χ1) is 12.2. The summed E-state index contributed by atoms with van der Waals surface area (Å²) in [6, 6.07) is 18.7. The minimum Gasteiger partial charge on any atom is -0.354 e. The van der Waals surface area contributed by atoms with Crippen molar-refractivity contribution in [1.29, 1.82) is 0 Å². The van der Waals surface area contributed by atoms with Crippen LogP contribution in [-0.4, -0.2) is 21.7 Å². The fraction of sp³-hybridized carbons (Fsp3) is 0.333. The first kappa shape index (κ1) is 17.2. The fourth-order valence-corrected chi connectivity index (χ4v) is 2.95. The van der Waals surface area contributed by atoms with Crippen molar-refractivity contribution >= 4 is 16.8 Å². The van der Waals surface area contributed by atoms with Gasteiger partial charge in [0.15, 0.2) is 0 Å². The van der Waals surface area contributed by atoms with Crippen LogP contribution in [0.4, 0.5) is 0 Å². The van der Waals surface area contributed by atoms with Crippen molar-refractivity contribution in [3.63, 3.8) is 0 Å². The van der Waals surface area contributed by atoms with E-state index in [1.165, 1.54) is 0 Å². The van der Waals surface area contributed by atoms with Crippen LogP contribution in [0, 0.1) is 0 Å². The van der Waals surface area contributed by atoms with Crippen molar-refractivity contribution in [1.82, 2.24) is 15.1 Å². The maximum Gasteiger partial charge on any atom is 0.220 e. The fourth-order valence-electron chi connectivity index (χ4n) is 2.95. The van der Waals surface area contributed by atoms with Gasteiger partial charge in [-0.25, -0.2) is 0 Å². The van der Waals surface area contributed by atoms with Crippen LogP contribution in [0.15, 0.2) is 54.6 Å². The Labute approximate surface area is 148 Å². The number of nitrogens with one attached hydrogen (secondary N) is 1. The lowest BCUT2D eigenvalue weighted by atomic mass is 10.1. The third-order valence-electron chi connectivity index (χ3n) is 4.50. The second-order valence-electron chi connectivity index (χ2n) is 6.44. The highest BCUT2D eigenvalue weighted by atomic mass is 16.1. The van der Waals surface area contributed by atoms with Crippen molar-refractivity contribution in [2.24, 2.45) is 0 Å². The van der Waals surface area contributed by atoms with Gasteiger partial charge in [-0.3, -0.25) is 9.48 Å². The van der Waals surface area contributed by atoms with Crippen LogP contribution in [-0.2, 0) is 11.3 Å². The molecule has 3 aromatic rings. The van der Waals surface area contributed by atoms with E-state index in [2.05, 4.69) is 36.5 Å². The van der Waals surface area contributed by atoms with Crippen molar-refractivity contribution < 1.29 is 4.79 Å². The molecule has 0 aliphatic heterocycles. The van der Waals surface area contributed by atoms with Crippen LogP contribution in [0.1, 0.15) is 33.1 Å². The molecule has 0 bridgehead atoms. The summed E-state index contributed by atoms with van der Waals surface area (Å²) in [5.41, 5.74) is 3.23. The van der Waals surface area contributed by atoms with Gasteiger partial charge in [-0.15, -0.1) is 0 Å². The molecule has 0 saturated heterocycles. The van der Waals surface area contributed by atoms with E-state index in [1.54, 1.807) is 0 Å². The highest BCUT2D eigenvalue weighted by Gasteiger charge is 2.12. The van der Waals surface area contributed by atoms with Gasteiger partial charge in [0.1, 0.15) is 5.69 Å². The van der Waals surface area contributed by atoms with E-state index in [0.29, 0.717) is 6.42 Å². The second-order valence-corrected chi connectivity index (χ2v) is 6.44. The van der Waals surface area contributed by atoms with Gasteiger partial charge in [-0.1, -0.05) is 55.5 Å². The van der Waals surface area contributed by atoms with Gasteiger partial charge >= 0.3 is 0 Å². The van der Waals surface area contributed by atoms with Crippen LogP contribution >= 0.6 is 0 Å². The highest BCUT2D eigenvalue weighted by Crippen LogP contribution is 2.27. The zero-order valence-corrected chi connectivity index (χ0v) is 14.9. The zero-order chi connectivity index (χ0) is 17.6. The molecule has 1 amide bonds. The average molecular weight is 335 g/mol. The summed E-state index contributed by atoms with van der Waals surface area (Å²) in [5, 5.41) is 8.98. The van der Waals surface area contributed by atoms with Crippen LogP contribution in [0.25, 0.3) is 22.2 Å². The summed E-state index contributed by atoms with van der Waals surface area (Å²) in [6.45, 7) is 4.85. The lowest BCUT2D eigenvalue weighted by Gasteiger charge is -2.11. The number of nitrogens with zero attached hydrogens (tertiary/aromatic N) is 2. The molecule has 1 atom stereocenters. The van der Waals surface area contributed by atoms with E-state index >= 15 is 0 Å². The highest BCUT2D eigenvalue weighted by molar-refractivity contribution is 5.93. The maximum absolute atomic E-state index is 12.0. The van der Waals surface area contributed by atoms with Gasteiger partial charge < -0.3 is 5.32 Å². The molecule has 4 nitrogen and oxygen atoms in total. The van der Waals surface area contributed by atoms with Gasteiger partial charge in [0.25, 0.3) is 0 Å². The summed E-state index contributed by atoms with van der Waals surface area (Å²) < 4.78 is 2.02. The lowest BCUT2D eigenvalue weighted by Crippen LogP contribution is -2.31. The molecule has 1 aromatic heterocycles. The first-order valence-corrected chi connectivity index (χ1v) is 8.99. The molecule has 0 saturated carbocycles. The van der Waals surface area contributed by atoms with Gasteiger partial charge in [0.2, 0.25) is 5.91 Å². The Morgan fingerprint density at radius 3 is 2.60 bits per heavy atom. The number of carbonyl (C=O) groups is 1. The molecule has 0 radical (unpaired) electrons. The largest absolute Gasteiger partial charge is 0.354 e. The van der Waals surface area contributed by atoms with E-state index in [-0.39, 0.29) is 11.9 Å². The number of benzene rings is 2. The number of hydrogen-bond donors (Lipinski definition) is 1. The van der Waals surface area contributed by atoms with Gasteiger partial charge in [-0.05, 0) is 25.8 Å². The van der Waals surface area contributed by atoms with Crippen molar-refractivity contribution in [2.75, 3.05) is 0 Å². The van der Waals surface area contributed by atoms with E-state index in [0.717, 1.165) is 41.5 Å². The first-order valence-electron chi connectivity index (χ1n) is 8.99. The Morgan fingerprint density at radius 2 is 1.84 bits per heavy atom. The predicted octanol–water partition coefficient (Wildman–Crippen LogP) is 4.40. The smallest absolute Gasteiger partial charge is 0.220 e. The minimum absolute atomic E-state index is 0.120. The summed E-state index contributed by atoms with van der Waals surface area (Å²) in [7, 11) is 0. The molecular weight excluding hydrogens is 310 g/mol. The summed E-state index contributed by atoms with van der Waals surface area (Å²) in [4.78, 5) is 12.0. The van der Waals surface area contributed by atoms with Crippen LogP contribution < -0.4 is 5.32 Å². The molecule has 0 fully saturated rings. The van der Waals surface area contributed by atoms with Crippen molar-refractivity contribution in [2.45, 2.75) is 45.7 Å². The third kappa shape index (κ3) is 4.08. The Hall–Kier alpha value is -2.62. The number of amides is 1. The monoisotopic (exact) mass is 335 g/mol. The van der Waals surface area contributed by atoms with Crippen LogP contribution in [0.3, 0.4) is 0 Å². The van der Waals surface area contributed by atoms with Gasteiger partial charge in [0.05, 0.1) is 5.52 Å². The number of hydrogen-bond acceptors (Lipinski definition) is 2. The van der Waals surface area contributed by atoms with Gasteiger partial charge in [-0.2, -0.15) is 5.10 Å². The standard InChI is InChI=1S/C21H25N3O/c1-3-16(2)22-20(25)14-9-15-24-19-13-8-7-12-18(19)21(23-24)17-10-5-4-6-11-17/h4-8,10-13,16H,3,9,14-15H2,1-2H3,(H,22,25)/t16-/m1/s1. The molecule has 1 N–H and O–H groups in total. The number of fused-ring (bicyclic) bond motifs is 1. The minimum atomic E-state index is 0.120. The van der Waals surface area contributed by atoms with E-state index in [4.69, 9.17) is 5.10 Å². The Balaban J connectivity index is 1.75. The third-order valence-corrected chi connectivity index (χ3v) is 4.50. The van der Waals surface area contributed by atoms with Crippen LogP contribution in [0.2, 0.25) is 0 Å². The van der Waals surface area contributed by atoms with Crippen molar-refractivity contribution in [3.05, 3.63) is 54.6 Å². The number of aryl methyl sites for hydroxylation is 1. The molecule has 0 unspecified atom stereocenters. The second kappa shape index (κ2) is 7.97. The Bertz CT molecular complexity index is 839. The van der Waals surface area contributed by atoms with Crippen LogP contribution in [0.5, 0.6) is 0 Å². The SMILES string of the molecule is CC[C@@H](C)NC(=O)CCCn1nc(-c2ccccc2)c2ccccc21. The molecule has 1 heterocycles. The zero-order valence-electron chi connectivity index (χ0n) is 14.9. The molecule has 0 aliphatic carbocycles. The topological polar surface area (TPSA) is 46.9 Å². The predicted molar refractivity (Wildman–Crippen MR) is 102 cm³/mol. The molecule has 130 valence electrons.